The third-order valence-corrected chi connectivity index (χ3v) is 3.96. The second-order valence-corrected chi connectivity index (χ2v) is 6.03. The van der Waals surface area contributed by atoms with Gasteiger partial charge in [-0.15, -0.1) is 11.8 Å². The highest BCUT2D eigenvalue weighted by atomic mass is 32.2. The van der Waals surface area contributed by atoms with Crippen LogP contribution in [0.25, 0.3) is 0 Å². The van der Waals surface area contributed by atoms with Crippen molar-refractivity contribution in [2.45, 2.75) is 30.9 Å². The Morgan fingerprint density at radius 2 is 2.05 bits per heavy atom. The highest BCUT2D eigenvalue weighted by Gasteiger charge is 2.10. The van der Waals surface area contributed by atoms with Crippen LogP contribution in [0.15, 0.2) is 47.6 Å². The summed E-state index contributed by atoms with van der Waals surface area (Å²) in [4.78, 5) is 4.75. The molecule has 1 aromatic heterocycles. The molecule has 1 atom stereocenters. The first kappa shape index (κ1) is 15.8. The fourth-order valence-electron chi connectivity index (χ4n) is 1.81. The Kier molecular flexibility index (Phi) is 5.59. The second kappa shape index (κ2) is 7.43. The first-order valence-corrected chi connectivity index (χ1v) is 7.79. The minimum atomic E-state index is -0.224. The first-order valence-electron chi connectivity index (χ1n) is 6.81. The molecule has 0 aliphatic rings. The van der Waals surface area contributed by atoms with Crippen LogP contribution in [0.2, 0.25) is 0 Å². The lowest BCUT2D eigenvalue weighted by Gasteiger charge is -2.14. The number of aromatic nitrogens is 1. The molecule has 5 heteroatoms. The van der Waals surface area contributed by atoms with Crippen molar-refractivity contribution in [2.24, 2.45) is 5.73 Å². The summed E-state index contributed by atoms with van der Waals surface area (Å²) in [5.74, 6) is 1.06. The van der Waals surface area contributed by atoms with E-state index in [2.05, 4.69) is 4.98 Å². The Labute approximate surface area is 128 Å². The van der Waals surface area contributed by atoms with E-state index in [1.165, 1.54) is 17.8 Å². The number of rotatable bonds is 6. The van der Waals surface area contributed by atoms with Gasteiger partial charge in [0.1, 0.15) is 11.6 Å². The predicted octanol–water partition coefficient (Wildman–Crippen LogP) is 3.80. The van der Waals surface area contributed by atoms with E-state index in [9.17, 15) is 4.39 Å². The van der Waals surface area contributed by atoms with E-state index in [-0.39, 0.29) is 18.0 Å². The summed E-state index contributed by atoms with van der Waals surface area (Å²) < 4.78 is 19.2. The van der Waals surface area contributed by atoms with Crippen LogP contribution in [0, 0.1) is 5.82 Å². The maximum atomic E-state index is 13.6. The topological polar surface area (TPSA) is 48.1 Å². The van der Waals surface area contributed by atoms with Crippen LogP contribution in [0.3, 0.4) is 0 Å². The zero-order chi connectivity index (χ0) is 15.2. The zero-order valence-corrected chi connectivity index (χ0v) is 12.9. The molecule has 2 aromatic rings. The lowest BCUT2D eigenvalue weighted by Crippen LogP contribution is -2.14. The summed E-state index contributed by atoms with van der Waals surface area (Å²) in [7, 11) is 0. The SMILES string of the molecule is CC(C)Oc1cncc(C(N)CSc2ccccc2F)c1. The molecule has 1 unspecified atom stereocenters. The number of nitrogens with zero attached hydrogens (tertiary/aromatic N) is 1. The number of thioether (sulfide) groups is 1. The Bertz CT molecular complexity index is 592. The molecule has 2 N–H and O–H groups in total. The molecule has 112 valence electrons. The van der Waals surface area contributed by atoms with Crippen LogP contribution in [-0.4, -0.2) is 16.8 Å². The maximum Gasteiger partial charge on any atom is 0.138 e. The quantitative estimate of drug-likeness (QED) is 0.825. The third-order valence-electron chi connectivity index (χ3n) is 2.79. The van der Waals surface area contributed by atoms with Crippen molar-refractivity contribution >= 4 is 11.8 Å². The fourth-order valence-corrected chi connectivity index (χ4v) is 2.74. The van der Waals surface area contributed by atoms with Gasteiger partial charge in [-0.3, -0.25) is 4.98 Å². The van der Waals surface area contributed by atoms with Crippen LogP contribution in [0.5, 0.6) is 5.75 Å². The van der Waals surface area contributed by atoms with E-state index in [1.807, 2.05) is 26.0 Å². The summed E-state index contributed by atoms with van der Waals surface area (Å²) in [6.45, 7) is 3.92. The number of halogens is 1. The van der Waals surface area contributed by atoms with E-state index >= 15 is 0 Å². The van der Waals surface area contributed by atoms with E-state index in [0.717, 1.165) is 5.56 Å². The molecule has 21 heavy (non-hydrogen) atoms. The molecule has 0 aliphatic heterocycles. The highest BCUT2D eigenvalue weighted by Crippen LogP contribution is 2.26. The number of nitrogens with two attached hydrogens (primary N) is 1. The molecule has 0 saturated carbocycles. The van der Waals surface area contributed by atoms with Crippen molar-refractivity contribution in [3.05, 3.63) is 54.1 Å². The van der Waals surface area contributed by atoms with Crippen molar-refractivity contribution in [3.8, 4) is 5.75 Å². The molecule has 0 fully saturated rings. The monoisotopic (exact) mass is 306 g/mol. The van der Waals surface area contributed by atoms with Crippen molar-refractivity contribution < 1.29 is 9.13 Å². The summed E-state index contributed by atoms with van der Waals surface area (Å²) in [5, 5.41) is 0. The van der Waals surface area contributed by atoms with Gasteiger partial charge in [-0.2, -0.15) is 0 Å². The Balaban J connectivity index is 2.00. The van der Waals surface area contributed by atoms with Crippen molar-refractivity contribution in [3.63, 3.8) is 0 Å². The highest BCUT2D eigenvalue weighted by molar-refractivity contribution is 7.99. The van der Waals surface area contributed by atoms with Crippen molar-refractivity contribution in [2.75, 3.05) is 5.75 Å². The Morgan fingerprint density at radius 1 is 1.29 bits per heavy atom. The second-order valence-electron chi connectivity index (χ2n) is 4.97. The summed E-state index contributed by atoms with van der Waals surface area (Å²) in [6, 6.07) is 8.36. The zero-order valence-electron chi connectivity index (χ0n) is 12.1. The van der Waals surface area contributed by atoms with Gasteiger partial charge in [0.2, 0.25) is 0 Å². The van der Waals surface area contributed by atoms with Gasteiger partial charge < -0.3 is 10.5 Å². The molecule has 0 radical (unpaired) electrons. The molecule has 0 amide bonds. The minimum absolute atomic E-state index is 0.0889. The van der Waals surface area contributed by atoms with Gasteiger partial charge in [-0.1, -0.05) is 12.1 Å². The smallest absolute Gasteiger partial charge is 0.138 e. The average molecular weight is 306 g/mol. The standard InChI is InChI=1S/C16H19FN2OS/c1-11(2)20-13-7-12(8-19-9-13)15(18)10-21-16-6-4-3-5-14(16)17/h3-9,11,15H,10,18H2,1-2H3. The largest absolute Gasteiger partial charge is 0.489 e. The maximum absolute atomic E-state index is 13.6. The predicted molar refractivity (Wildman–Crippen MR) is 84.1 cm³/mol. The van der Waals surface area contributed by atoms with Gasteiger partial charge in [0, 0.05) is 22.9 Å². The van der Waals surface area contributed by atoms with Crippen LogP contribution in [-0.2, 0) is 0 Å². The third kappa shape index (κ3) is 4.72. The number of benzene rings is 1. The summed E-state index contributed by atoms with van der Waals surface area (Å²) in [6.07, 6.45) is 3.48. The van der Waals surface area contributed by atoms with E-state index in [4.69, 9.17) is 10.5 Å². The summed E-state index contributed by atoms with van der Waals surface area (Å²) >= 11 is 1.40. The molecule has 1 aromatic carbocycles. The van der Waals surface area contributed by atoms with Crippen molar-refractivity contribution in [1.29, 1.82) is 0 Å². The molecule has 2 rings (SSSR count). The lowest BCUT2D eigenvalue weighted by atomic mass is 10.1. The number of pyridine rings is 1. The molecule has 0 bridgehead atoms. The van der Waals surface area contributed by atoms with Gasteiger partial charge in [0.25, 0.3) is 0 Å². The molecular weight excluding hydrogens is 287 g/mol. The first-order chi connectivity index (χ1) is 10.1. The number of hydrogen-bond acceptors (Lipinski definition) is 4. The fraction of sp³-hybridized carbons (Fsp3) is 0.312. The minimum Gasteiger partial charge on any atom is -0.489 e. The van der Waals surface area contributed by atoms with Gasteiger partial charge in [-0.25, -0.2) is 4.39 Å². The molecule has 0 spiro atoms. The van der Waals surface area contributed by atoms with Crippen LogP contribution < -0.4 is 10.5 Å². The van der Waals surface area contributed by atoms with Gasteiger partial charge in [-0.05, 0) is 37.6 Å². The van der Waals surface area contributed by atoms with Gasteiger partial charge in [0.05, 0.1) is 12.3 Å². The molecule has 1 heterocycles. The lowest BCUT2D eigenvalue weighted by molar-refractivity contribution is 0.241. The molecule has 0 saturated heterocycles. The molecule has 3 nitrogen and oxygen atoms in total. The van der Waals surface area contributed by atoms with Crippen LogP contribution >= 0.6 is 11.8 Å². The Hall–Kier alpha value is -1.59. The van der Waals surface area contributed by atoms with Gasteiger partial charge in [0.15, 0.2) is 0 Å². The van der Waals surface area contributed by atoms with E-state index in [0.29, 0.717) is 16.4 Å². The van der Waals surface area contributed by atoms with E-state index < -0.39 is 0 Å². The number of hydrogen-bond donors (Lipinski definition) is 1. The normalized spacial score (nSPS) is 12.4. The van der Waals surface area contributed by atoms with Crippen molar-refractivity contribution in [1.82, 2.24) is 4.98 Å². The van der Waals surface area contributed by atoms with Crippen LogP contribution in [0.4, 0.5) is 4.39 Å². The molecule has 0 aliphatic carbocycles. The van der Waals surface area contributed by atoms with Crippen LogP contribution in [0.1, 0.15) is 25.5 Å². The van der Waals surface area contributed by atoms with Gasteiger partial charge >= 0.3 is 0 Å². The molecular formula is C16H19FN2OS. The number of ether oxygens (including phenoxy) is 1. The Morgan fingerprint density at radius 3 is 2.76 bits per heavy atom. The average Bonchev–Trinajstić information content (AvgIpc) is 2.45. The van der Waals surface area contributed by atoms with E-state index in [1.54, 1.807) is 24.5 Å². The summed E-state index contributed by atoms with van der Waals surface area (Å²) in [5.41, 5.74) is 7.04.